The molecule has 32 heavy (non-hydrogen) atoms. The second-order valence-corrected chi connectivity index (χ2v) is 8.75. The zero-order valence-corrected chi connectivity index (χ0v) is 18.4. The molecule has 0 radical (unpaired) electrons. The van der Waals surface area contributed by atoms with Crippen molar-refractivity contribution in [3.05, 3.63) is 77.2 Å². The van der Waals surface area contributed by atoms with Crippen LogP contribution in [0.15, 0.2) is 60.7 Å². The van der Waals surface area contributed by atoms with Gasteiger partial charge in [0.2, 0.25) is 0 Å². The van der Waals surface area contributed by atoms with Crippen LogP contribution in [0.4, 0.5) is 4.39 Å². The first-order valence-electron chi connectivity index (χ1n) is 10.7. The lowest BCUT2D eigenvalue weighted by Crippen LogP contribution is -2.38. The molecule has 2 aromatic heterocycles. The predicted octanol–water partition coefficient (Wildman–Crippen LogP) is 5.73. The molecule has 2 aromatic carbocycles. The number of rotatable bonds is 3. The van der Waals surface area contributed by atoms with Crippen LogP contribution in [0.25, 0.3) is 28.2 Å². The van der Waals surface area contributed by atoms with Crippen molar-refractivity contribution >= 4 is 23.2 Å². The third-order valence-corrected chi connectivity index (χ3v) is 6.25. The number of hydrogen-bond acceptors (Lipinski definition) is 3. The number of carbonyl (C=O) groups is 1. The fourth-order valence-electron chi connectivity index (χ4n) is 4.03. The van der Waals surface area contributed by atoms with Crippen LogP contribution in [0.1, 0.15) is 30.3 Å². The summed E-state index contributed by atoms with van der Waals surface area (Å²) in [7, 11) is 0. The number of carbonyl (C=O) groups excluding carboxylic acids is 1. The summed E-state index contributed by atoms with van der Waals surface area (Å²) in [4.78, 5) is 20.1. The molecule has 0 atom stereocenters. The fraction of sp³-hybridized carbons (Fsp3) is 0.240. The first-order chi connectivity index (χ1) is 15.5. The van der Waals surface area contributed by atoms with Crippen LogP contribution >= 0.6 is 11.6 Å². The largest absolute Gasteiger partial charge is 0.337 e. The van der Waals surface area contributed by atoms with Crippen molar-refractivity contribution in [3.8, 4) is 22.5 Å². The van der Waals surface area contributed by atoms with Crippen LogP contribution in [-0.4, -0.2) is 38.5 Å². The number of likely N-dealkylation sites (tertiary alicyclic amines) is 1. The summed E-state index contributed by atoms with van der Waals surface area (Å²) in [6.45, 7) is 3.66. The highest BCUT2D eigenvalue weighted by Gasteiger charge is 2.25. The van der Waals surface area contributed by atoms with Gasteiger partial charge in [0.05, 0.1) is 11.4 Å². The van der Waals surface area contributed by atoms with Crippen molar-refractivity contribution in [2.24, 2.45) is 5.92 Å². The molecule has 3 heterocycles. The number of hydrogen-bond donors (Lipinski definition) is 0. The van der Waals surface area contributed by atoms with Gasteiger partial charge < -0.3 is 4.90 Å². The second-order valence-electron chi connectivity index (χ2n) is 8.31. The van der Waals surface area contributed by atoms with Gasteiger partial charge in [0, 0.05) is 35.3 Å². The minimum Gasteiger partial charge on any atom is -0.337 e. The number of piperidine rings is 1. The van der Waals surface area contributed by atoms with E-state index in [0.717, 1.165) is 37.1 Å². The summed E-state index contributed by atoms with van der Waals surface area (Å²) in [5, 5.41) is 5.34. The lowest BCUT2D eigenvalue weighted by atomic mass is 9.99. The monoisotopic (exact) mass is 448 g/mol. The fourth-order valence-corrected chi connectivity index (χ4v) is 4.16. The normalized spacial score (nSPS) is 14.8. The molecule has 0 N–H and O–H groups in total. The SMILES string of the molecule is CC1CCN(C(=O)c2cc(-c3ccc(F)cc3)nc3cc(-c4ccc(Cl)cc4)nn23)CC1. The molecule has 0 aliphatic carbocycles. The van der Waals surface area contributed by atoms with Crippen molar-refractivity contribution in [1.82, 2.24) is 19.5 Å². The van der Waals surface area contributed by atoms with E-state index in [2.05, 4.69) is 6.92 Å². The van der Waals surface area contributed by atoms with Crippen molar-refractivity contribution in [1.29, 1.82) is 0 Å². The lowest BCUT2D eigenvalue weighted by Gasteiger charge is -2.30. The maximum atomic E-state index is 13.5. The lowest BCUT2D eigenvalue weighted by molar-refractivity contribution is 0.0688. The molecular weight excluding hydrogens is 427 g/mol. The summed E-state index contributed by atoms with van der Waals surface area (Å²) < 4.78 is 15.1. The smallest absolute Gasteiger partial charge is 0.272 e. The van der Waals surface area contributed by atoms with E-state index < -0.39 is 0 Å². The van der Waals surface area contributed by atoms with E-state index in [1.54, 1.807) is 34.8 Å². The maximum absolute atomic E-state index is 13.5. The van der Waals surface area contributed by atoms with Gasteiger partial charge in [-0.15, -0.1) is 0 Å². The van der Waals surface area contributed by atoms with Gasteiger partial charge >= 0.3 is 0 Å². The van der Waals surface area contributed by atoms with Gasteiger partial charge in [-0.05, 0) is 61.2 Å². The van der Waals surface area contributed by atoms with Crippen molar-refractivity contribution < 1.29 is 9.18 Å². The number of fused-ring (bicyclic) bond motifs is 1. The van der Waals surface area contributed by atoms with E-state index in [9.17, 15) is 9.18 Å². The first kappa shape index (κ1) is 20.6. The molecule has 0 unspecified atom stereocenters. The minimum absolute atomic E-state index is 0.0709. The van der Waals surface area contributed by atoms with Gasteiger partial charge in [-0.3, -0.25) is 4.79 Å². The van der Waals surface area contributed by atoms with Crippen LogP contribution in [0.2, 0.25) is 5.02 Å². The van der Waals surface area contributed by atoms with Crippen molar-refractivity contribution in [2.75, 3.05) is 13.1 Å². The zero-order valence-electron chi connectivity index (χ0n) is 17.6. The van der Waals surface area contributed by atoms with E-state index in [1.807, 2.05) is 23.1 Å². The topological polar surface area (TPSA) is 50.5 Å². The predicted molar refractivity (Wildman–Crippen MR) is 123 cm³/mol. The number of benzene rings is 2. The van der Waals surface area contributed by atoms with E-state index in [1.165, 1.54) is 12.1 Å². The standard InChI is InChI=1S/C25H22ClFN4O/c1-16-10-12-30(13-11-16)25(32)23-14-21(17-4-8-20(27)9-5-17)28-24-15-22(29-31(23)24)18-2-6-19(26)7-3-18/h2-9,14-16H,10-13H2,1H3. The number of amides is 1. The Kier molecular flexibility index (Phi) is 5.39. The molecule has 1 aliphatic heterocycles. The number of halogens is 2. The third kappa shape index (κ3) is 3.98. The Morgan fingerprint density at radius 1 is 0.969 bits per heavy atom. The van der Waals surface area contributed by atoms with E-state index in [0.29, 0.717) is 33.7 Å². The van der Waals surface area contributed by atoms with Gasteiger partial charge in [-0.1, -0.05) is 30.7 Å². The van der Waals surface area contributed by atoms with Crippen LogP contribution in [0.3, 0.4) is 0 Å². The van der Waals surface area contributed by atoms with Gasteiger partial charge in [-0.2, -0.15) is 5.10 Å². The highest BCUT2D eigenvalue weighted by Crippen LogP contribution is 2.26. The Morgan fingerprint density at radius 3 is 2.28 bits per heavy atom. The average molecular weight is 449 g/mol. The van der Waals surface area contributed by atoms with Crippen LogP contribution in [0, 0.1) is 11.7 Å². The molecule has 5 nitrogen and oxygen atoms in total. The summed E-state index contributed by atoms with van der Waals surface area (Å²) in [5.74, 6) is 0.230. The number of nitrogens with zero attached hydrogens (tertiary/aromatic N) is 4. The van der Waals surface area contributed by atoms with Crippen molar-refractivity contribution in [3.63, 3.8) is 0 Å². The Labute approximate surface area is 190 Å². The Hall–Kier alpha value is -3.25. The molecule has 1 amide bonds. The molecule has 162 valence electrons. The van der Waals surface area contributed by atoms with Gasteiger partial charge in [0.1, 0.15) is 11.5 Å². The van der Waals surface area contributed by atoms with Crippen LogP contribution in [-0.2, 0) is 0 Å². The molecule has 4 aromatic rings. The molecular formula is C25H22ClFN4O. The Bertz CT molecular complexity index is 1280. The molecule has 1 fully saturated rings. The van der Waals surface area contributed by atoms with Gasteiger partial charge in [0.25, 0.3) is 5.91 Å². The third-order valence-electron chi connectivity index (χ3n) is 6.00. The molecule has 1 saturated heterocycles. The van der Waals surface area contributed by atoms with E-state index in [4.69, 9.17) is 21.7 Å². The molecule has 1 aliphatic rings. The molecule has 0 saturated carbocycles. The molecule has 0 bridgehead atoms. The summed E-state index contributed by atoms with van der Waals surface area (Å²) >= 11 is 6.03. The zero-order chi connectivity index (χ0) is 22.2. The quantitative estimate of drug-likeness (QED) is 0.402. The average Bonchev–Trinajstić information content (AvgIpc) is 3.23. The highest BCUT2D eigenvalue weighted by atomic mass is 35.5. The van der Waals surface area contributed by atoms with Crippen LogP contribution < -0.4 is 0 Å². The number of aromatic nitrogens is 3. The first-order valence-corrected chi connectivity index (χ1v) is 11.1. The molecule has 7 heteroatoms. The molecule has 5 rings (SSSR count). The highest BCUT2D eigenvalue weighted by molar-refractivity contribution is 6.30. The second kappa shape index (κ2) is 8.36. The van der Waals surface area contributed by atoms with Crippen molar-refractivity contribution in [2.45, 2.75) is 19.8 Å². The summed E-state index contributed by atoms with van der Waals surface area (Å²) in [5.41, 5.74) is 3.94. The maximum Gasteiger partial charge on any atom is 0.272 e. The summed E-state index contributed by atoms with van der Waals surface area (Å²) in [6.07, 6.45) is 1.97. The van der Waals surface area contributed by atoms with Gasteiger partial charge in [-0.25, -0.2) is 13.9 Å². The minimum atomic E-state index is -0.317. The Morgan fingerprint density at radius 2 is 1.59 bits per heavy atom. The Balaban J connectivity index is 1.63. The van der Waals surface area contributed by atoms with E-state index >= 15 is 0 Å². The summed E-state index contributed by atoms with van der Waals surface area (Å²) in [6, 6.07) is 17.1. The van der Waals surface area contributed by atoms with Gasteiger partial charge in [0.15, 0.2) is 5.65 Å². The van der Waals surface area contributed by atoms with Crippen LogP contribution in [0.5, 0.6) is 0 Å². The molecule has 0 spiro atoms. The van der Waals surface area contributed by atoms with E-state index in [-0.39, 0.29) is 11.7 Å².